The van der Waals surface area contributed by atoms with Gasteiger partial charge in [0.05, 0.1) is 13.7 Å². The number of hydrogen-bond acceptors (Lipinski definition) is 4. The van der Waals surface area contributed by atoms with Crippen molar-refractivity contribution < 1.29 is 19.1 Å². The molecule has 1 N–H and O–H groups in total. The van der Waals surface area contributed by atoms with E-state index in [1.54, 1.807) is 38.4 Å². The number of carbonyl (C=O) groups excluding carboxylic acids is 2. The molecule has 0 fully saturated rings. The molecule has 0 aliphatic carbocycles. The predicted octanol–water partition coefficient (Wildman–Crippen LogP) is 2.10. The zero-order valence-electron chi connectivity index (χ0n) is 14.2. The molecule has 0 saturated carbocycles. The van der Waals surface area contributed by atoms with Gasteiger partial charge < -0.3 is 19.7 Å². The molecule has 1 aliphatic rings. The fourth-order valence-electron chi connectivity index (χ4n) is 2.73. The maximum Gasteiger partial charge on any atom is 0.264 e. The summed E-state index contributed by atoms with van der Waals surface area (Å²) in [5.41, 5.74) is 1.66. The molecule has 1 atom stereocenters. The number of nitrogens with one attached hydrogen (secondary N) is 1. The maximum atomic E-state index is 12.5. The number of para-hydroxylation sites is 1. The monoisotopic (exact) mass is 340 g/mol. The highest BCUT2D eigenvalue weighted by molar-refractivity contribution is 5.95. The van der Waals surface area contributed by atoms with Crippen molar-refractivity contribution in [3.63, 3.8) is 0 Å². The van der Waals surface area contributed by atoms with E-state index in [0.717, 1.165) is 11.3 Å². The van der Waals surface area contributed by atoms with Crippen molar-refractivity contribution in [3.05, 3.63) is 54.1 Å². The van der Waals surface area contributed by atoms with Crippen molar-refractivity contribution in [1.29, 1.82) is 0 Å². The van der Waals surface area contributed by atoms with Crippen LogP contribution in [0.25, 0.3) is 0 Å². The van der Waals surface area contributed by atoms with Crippen LogP contribution in [0.4, 0.5) is 5.69 Å². The number of benzene rings is 2. The van der Waals surface area contributed by atoms with E-state index < -0.39 is 6.10 Å². The van der Waals surface area contributed by atoms with Gasteiger partial charge in [-0.3, -0.25) is 9.59 Å². The van der Waals surface area contributed by atoms with E-state index in [9.17, 15) is 9.59 Å². The van der Waals surface area contributed by atoms with Gasteiger partial charge in [0, 0.05) is 19.2 Å². The summed E-state index contributed by atoms with van der Waals surface area (Å²) in [4.78, 5) is 26.0. The SMILES string of the molecule is COc1ccc(NC(=O)CN(C)C(=O)[C@H]2Cc3ccccc3O2)cc1. The van der Waals surface area contributed by atoms with Crippen LogP contribution in [0.5, 0.6) is 11.5 Å². The number of amides is 2. The van der Waals surface area contributed by atoms with Crippen LogP contribution in [-0.2, 0) is 16.0 Å². The second-order valence-corrected chi connectivity index (χ2v) is 5.89. The number of methoxy groups -OCH3 is 1. The molecule has 1 aliphatic heterocycles. The Hall–Kier alpha value is -3.02. The average molecular weight is 340 g/mol. The summed E-state index contributed by atoms with van der Waals surface area (Å²) in [6, 6.07) is 14.6. The van der Waals surface area contributed by atoms with Crippen LogP contribution < -0.4 is 14.8 Å². The molecule has 2 aromatic carbocycles. The number of anilines is 1. The quantitative estimate of drug-likeness (QED) is 0.905. The molecule has 2 amide bonds. The Morgan fingerprint density at radius 2 is 1.92 bits per heavy atom. The first-order valence-corrected chi connectivity index (χ1v) is 8.00. The number of likely N-dealkylation sites (N-methyl/N-ethyl adjacent to an activating group) is 1. The van der Waals surface area contributed by atoms with E-state index in [0.29, 0.717) is 17.9 Å². The lowest BCUT2D eigenvalue weighted by molar-refractivity contribution is -0.139. The molecule has 6 heteroatoms. The van der Waals surface area contributed by atoms with E-state index >= 15 is 0 Å². The zero-order valence-corrected chi connectivity index (χ0v) is 14.2. The molecule has 3 rings (SSSR count). The minimum absolute atomic E-state index is 0.0406. The standard InChI is InChI=1S/C19H20N2O4/c1-21(12-18(22)20-14-7-9-15(24-2)10-8-14)19(23)17-11-13-5-3-4-6-16(13)25-17/h3-10,17H,11-12H2,1-2H3,(H,20,22)/t17-/m1/s1. The van der Waals surface area contributed by atoms with Crippen molar-refractivity contribution in [2.45, 2.75) is 12.5 Å². The van der Waals surface area contributed by atoms with Gasteiger partial charge in [-0.2, -0.15) is 0 Å². The van der Waals surface area contributed by atoms with Gasteiger partial charge in [0.25, 0.3) is 5.91 Å². The van der Waals surface area contributed by atoms with Gasteiger partial charge in [0.1, 0.15) is 11.5 Å². The van der Waals surface area contributed by atoms with E-state index in [1.807, 2.05) is 24.3 Å². The summed E-state index contributed by atoms with van der Waals surface area (Å²) in [7, 11) is 3.18. The third-order valence-corrected chi connectivity index (χ3v) is 4.05. The minimum atomic E-state index is -0.573. The third kappa shape index (κ3) is 3.91. The number of ether oxygens (including phenoxy) is 2. The summed E-state index contributed by atoms with van der Waals surface area (Å²) < 4.78 is 10.8. The molecule has 6 nitrogen and oxygen atoms in total. The highest BCUT2D eigenvalue weighted by Crippen LogP contribution is 2.28. The lowest BCUT2D eigenvalue weighted by Crippen LogP contribution is -2.42. The zero-order chi connectivity index (χ0) is 17.8. The first-order valence-electron chi connectivity index (χ1n) is 8.00. The topological polar surface area (TPSA) is 67.9 Å². The summed E-state index contributed by atoms with van der Waals surface area (Å²) in [5.74, 6) is 0.970. The Morgan fingerprint density at radius 3 is 2.60 bits per heavy atom. The predicted molar refractivity (Wildman–Crippen MR) is 93.8 cm³/mol. The summed E-state index contributed by atoms with van der Waals surface area (Å²) in [5, 5.41) is 2.76. The lowest BCUT2D eigenvalue weighted by Gasteiger charge is -2.20. The molecule has 130 valence electrons. The molecular weight excluding hydrogens is 320 g/mol. The van der Waals surface area contributed by atoms with Gasteiger partial charge in [-0.15, -0.1) is 0 Å². The third-order valence-electron chi connectivity index (χ3n) is 4.05. The number of hydrogen-bond donors (Lipinski definition) is 1. The highest BCUT2D eigenvalue weighted by Gasteiger charge is 2.31. The molecule has 2 aromatic rings. The van der Waals surface area contributed by atoms with E-state index in [1.165, 1.54) is 4.90 Å². The smallest absolute Gasteiger partial charge is 0.264 e. The Labute approximate surface area is 146 Å². The van der Waals surface area contributed by atoms with Crippen LogP contribution in [0.1, 0.15) is 5.56 Å². The summed E-state index contributed by atoms with van der Waals surface area (Å²) in [6.07, 6.45) is -0.0457. The van der Waals surface area contributed by atoms with Crippen molar-refractivity contribution in [2.75, 3.05) is 26.0 Å². The minimum Gasteiger partial charge on any atom is -0.497 e. The number of nitrogens with zero attached hydrogens (tertiary/aromatic N) is 1. The van der Waals surface area contributed by atoms with E-state index in [-0.39, 0.29) is 18.4 Å². The van der Waals surface area contributed by atoms with Crippen LogP contribution in [0.2, 0.25) is 0 Å². The Bertz CT molecular complexity index is 748. The molecule has 0 aromatic heterocycles. The van der Waals surface area contributed by atoms with Gasteiger partial charge in [0.2, 0.25) is 5.91 Å². The molecule has 0 radical (unpaired) electrons. The van der Waals surface area contributed by atoms with Gasteiger partial charge in [-0.05, 0) is 35.9 Å². The second kappa shape index (κ2) is 7.25. The first-order chi connectivity index (χ1) is 12.1. The van der Waals surface area contributed by atoms with Crippen LogP contribution in [-0.4, -0.2) is 43.5 Å². The van der Waals surface area contributed by atoms with Crippen molar-refractivity contribution >= 4 is 17.5 Å². The molecular formula is C19H20N2O4. The van der Waals surface area contributed by atoms with Crippen LogP contribution in [0.15, 0.2) is 48.5 Å². The van der Waals surface area contributed by atoms with E-state index in [4.69, 9.17) is 9.47 Å². The Balaban J connectivity index is 1.53. The lowest BCUT2D eigenvalue weighted by atomic mass is 10.1. The van der Waals surface area contributed by atoms with Gasteiger partial charge >= 0.3 is 0 Å². The van der Waals surface area contributed by atoms with Crippen molar-refractivity contribution in [2.24, 2.45) is 0 Å². The molecule has 0 bridgehead atoms. The number of fused-ring (bicyclic) bond motifs is 1. The fraction of sp³-hybridized carbons (Fsp3) is 0.263. The van der Waals surface area contributed by atoms with Crippen LogP contribution >= 0.6 is 0 Å². The Morgan fingerprint density at radius 1 is 1.20 bits per heavy atom. The molecule has 1 heterocycles. The van der Waals surface area contributed by atoms with Crippen molar-refractivity contribution in [1.82, 2.24) is 4.90 Å². The molecule has 25 heavy (non-hydrogen) atoms. The molecule has 0 unspecified atom stereocenters. The van der Waals surface area contributed by atoms with Crippen LogP contribution in [0, 0.1) is 0 Å². The summed E-state index contributed by atoms with van der Waals surface area (Å²) in [6.45, 7) is -0.0406. The molecule has 0 spiro atoms. The van der Waals surface area contributed by atoms with Gasteiger partial charge in [-0.1, -0.05) is 18.2 Å². The van der Waals surface area contributed by atoms with E-state index in [2.05, 4.69) is 5.32 Å². The largest absolute Gasteiger partial charge is 0.497 e. The van der Waals surface area contributed by atoms with Crippen LogP contribution in [0.3, 0.4) is 0 Å². The van der Waals surface area contributed by atoms with Crippen molar-refractivity contribution in [3.8, 4) is 11.5 Å². The normalized spacial score (nSPS) is 15.0. The van der Waals surface area contributed by atoms with Gasteiger partial charge in [0.15, 0.2) is 6.10 Å². The Kier molecular flexibility index (Phi) is 4.88. The molecule has 0 saturated heterocycles. The average Bonchev–Trinajstić information content (AvgIpc) is 3.05. The number of rotatable bonds is 5. The maximum absolute atomic E-state index is 12.5. The number of carbonyl (C=O) groups is 2. The second-order valence-electron chi connectivity index (χ2n) is 5.89. The van der Waals surface area contributed by atoms with Gasteiger partial charge in [-0.25, -0.2) is 0 Å². The highest BCUT2D eigenvalue weighted by atomic mass is 16.5. The first kappa shape index (κ1) is 16.8. The summed E-state index contributed by atoms with van der Waals surface area (Å²) >= 11 is 0. The fourth-order valence-corrected chi connectivity index (χ4v) is 2.73.